The first kappa shape index (κ1) is 42.1. The summed E-state index contributed by atoms with van der Waals surface area (Å²) in [4.78, 5) is 79.6. The monoisotopic (exact) mass is 710 g/mol. The van der Waals surface area contributed by atoms with Gasteiger partial charge in [0.15, 0.2) is 5.96 Å². The van der Waals surface area contributed by atoms with E-state index >= 15 is 0 Å². The van der Waals surface area contributed by atoms with Crippen LogP contribution >= 0.6 is 12.4 Å². The fraction of sp³-hybridized carbons (Fsp3) is 0.516. The number of nitrogens with two attached hydrogens (primary N) is 2. The summed E-state index contributed by atoms with van der Waals surface area (Å²) in [5, 5.41) is 22.8. The van der Waals surface area contributed by atoms with Crippen molar-refractivity contribution in [1.82, 2.24) is 21.3 Å². The van der Waals surface area contributed by atoms with Gasteiger partial charge in [0.2, 0.25) is 23.6 Å². The van der Waals surface area contributed by atoms with E-state index in [0.29, 0.717) is 23.1 Å². The summed E-state index contributed by atoms with van der Waals surface area (Å²) in [6.07, 6.45) is -0.417. The number of hydrogen-bond donors (Lipinski definition) is 8. The molecule has 1 aromatic carbocycles. The molecule has 0 fully saturated rings. The second-order valence-electron chi connectivity index (χ2n) is 12.3. The van der Waals surface area contributed by atoms with Crippen molar-refractivity contribution in [2.75, 3.05) is 25.0 Å². The van der Waals surface area contributed by atoms with Crippen molar-refractivity contribution in [3.63, 3.8) is 0 Å². The summed E-state index contributed by atoms with van der Waals surface area (Å²) in [6, 6.07) is 2.48. The number of aliphatic hydroxyl groups is 1. The number of carbonyl (C=O) groups excluding carboxylic acids is 5. The van der Waals surface area contributed by atoms with Gasteiger partial charge in [-0.15, -0.1) is 12.4 Å². The fourth-order valence-corrected chi connectivity index (χ4v) is 4.37. The number of aryl methyl sites for hydroxylation is 1. The Morgan fingerprint density at radius 2 is 1.65 bits per heavy atom. The van der Waals surface area contributed by atoms with Crippen LogP contribution in [0.25, 0.3) is 11.0 Å². The number of nitrogens with zero attached hydrogens (tertiary/aromatic N) is 1. The molecular formula is C31H47ClN8O9. The number of guanidine groups is 1. The predicted octanol–water partition coefficient (Wildman–Crippen LogP) is 0.143. The predicted molar refractivity (Wildman–Crippen MR) is 185 cm³/mol. The molecule has 17 nitrogen and oxygen atoms in total. The maximum absolute atomic E-state index is 13.2. The number of aliphatic imine (C=N–C) groups is 1. The number of benzene rings is 1. The van der Waals surface area contributed by atoms with Crippen LogP contribution in [-0.4, -0.2) is 84.2 Å². The van der Waals surface area contributed by atoms with E-state index in [4.69, 9.17) is 20.6 Å². The Morgan fingerprint density at radius 3 is 2.24 bits per heavy atom. The number of fused-ring (bicyclic) bond motifs is 1. The molecule has 1 aromatic heterocycles. The van der Waals surface area contributed by atoms with Gasteiger partial charge in [-0.1, -0.05) is 13.8 Å². The number of ether oxygens (including phenoxy) is 1. The van der Waals surface area contributed by atoms with E-state index in [0.717, 1.165) is 0 Å². The molecule has 272 valence electrons. The quantitative estimate of drug-likeness (QED) is 0.0533. The molecule has 0 spiro atoms. The van der Waals surface area contributed by atoms with E-state index in [1.165, 1.54) is 12.1 Å². The Balaban J connectivity index is 0.0000120. The molecule has 0 radical (unpaired) electrons. The smallest absolute Gasteiger partial charge is 0.408 e. The van der Waals surface area contributed by atoms with Gasteiger partial charge in [0.25, 0.3) is 0 Å². The highest BCUT2D eigenvalue weighted by Crippen LogP contribution is 2.21. The van der Waals surface area contributed by atoms with Gasteiger partial charge in [-0.25, -0.2) is 9.59 Å². The summed E-state index contributed by atoms with van der Waals surface area (Å²) in [7, 11) is 0. The SMILES string of the molecule is Cc1cc(=O)oc2cc(NC(=O)[C@H](CCCN=C(N)N)NC(=O)CNC(=O)[C@H](CO)NC(=O)[C@@H](NC(=O)OC(C)(C)C)C(C)C)ccc12.Cl. The van der Waals surface area contributed by atoms with Gasteiger partial charge in [0, 0.05) is 29.8 Å². The fourth-order valence-electron chi connectivity index (χ4n) is 4.37. The number of nitrogens with one attached hydrogen (secondary N) is 5. The average molecular weight is 711 g/mol. The Hall–Kier alpha value is -4.90. The zero-order valence-electron chi connectivity index (χ0n) is 28.4. The number of rotatable bonds is 15. The highest BCUT2D eigenvalue weighted by Gasteiger charge is 2.30. The van der Waals surface area contributed by atoms with Crippen molar-refractivity contribution in [2.45, 2.75) is 78.1 Å². The number of hydrogen-bond acceptors (Lipinski definition) is 10. The van der Waals surface area contributed by atoms with Gasteiger partial charge in [0.05, 0.1) is 13.2 Å². The van der Waals surface area contributed by atoms with Crippen LogP contribution in [0.4, 0.5) is 10.5 Å². The number of aliphatic hydroxyl groups excluding tert-OH is 1. The summed E-state index contributed by atoms with van der Waals surface area (Å²) in [6.45, 7) is 8.84. The molecule has 1 heterocycles. The summed E-state index contributed by atoms with van der Waals surface area (Å²) in [5.74, 6) is -3.54. The summed E-state index contributed by atoms with van der Waals surface area (Å²) in [5.41, 5.74) is 10.6. The van der Waals surface area contributed by atoms with Crippen molar-refractivity contribution >= 4 is 64.7 Å². The molecule has 0 saturated heterocycles. The molecule has 5 amide bonds. The molecular weight excluding hydrogens is 664 g/mol. The van der Waals surface area contributed by atoms with Crippen LogP contribution in [0.5, 0.6) is 0 Å². The average Bonchev–Trinajstić information content (AvgIpc) is 2.97. The lowest BCUT2D eigenvalue weighted by Crippen LogP contribution is -2.57. The zero-order valence-corrected chi connectivity index (χ0v) is 29.2. The molecule has 49 heavy (non-hydrogen) atoms. The molecule has 0 aliphatic carbocycles. The number of alkyl carbamates (subject to hydrolysis) is 1. The van der Waals surface area contributed by atoms with E-state index in [2.05, 4.69) is 31.6 Å². The second-order valence-corrected chi connectivity index (χ2v) is 12.3. The van der Waals surface area contributed by atoms with E-state index in [-0.39, 0.29) is 36.9 Å². The van der Waals surface area contributed by atoms with Gasteiger partial charge in [0.1, 0.15) is 29.3 Å². The molecule has 0 aliphatic heterocycles. The third-order valence-corrected chi connectivity index (χ3v) is 6.68. The Kier molecular flexibility index (Phi) is 16.5. The standard InChI is InChI=1S/C31H46N8O9.ClH/c1-16(2)25(39-30(46)48-31(4,5)6)28(45)38-21(15-40)26(43)35-14-23(41)37-20(8-7-11-34-29(32)33)27(44)36-18-9-10-19-17(3)12-24(42)47-22(19)13-18;/h9-10,12-13,16,20-21,25,40H,7-8,11,14-15H2,1-6H3,(H,35,43)(H,36,44)(H,37,41)(H,38,45)(H,39,46)(H4,32,33,34);1H/t20-,21-,25-;/m0./s1. The van der Waals surface area contributed by atoms with Gasteiger partial charge < -0.3 is 52.3 Å². The third kappa shape index (κ3) is 14.4. The molecule has 0 bridgehead atoms. The van der Waals surface area contributed by atoms with E-state index < -0.39 is 78.1 Å². The van der Waals surface area contributed by atoms with Crippen molar-refractivity contribution in [1.29, 1.82) is 0 Å². The van der Waals surface area contributed by atoms with Crippen LogP contribution in [0.1, 0.15) is 53.0 Å². The van der Waals surface area contributed by atoms with Crippen LogP contribution in [0.15, 0.2) is 38.5 Å². The molecule has 2 rings (SSSR count). The van der Waals surface area contributed by atoms with Crippen molar-refractivity contribution in [3.8, 4) is 0 Å². The number of anilines is 1. The van der Waals surface area contributed by atoms with Gasteiger partial charge in [-0.05, 0) is 64.2 Å². The lowest BCUT2D eigenvalue weighted by molar-refractivity contribution is -0.132. The van der Waals surface area contributed by atoms with E-state index in [9.17, 15) is 33.9 Å². The number of halogens is 1. The highest BCUT2D eigenvalue weighted by atomic mass is 35.5. The topological polar surface area (TPSA) is 270 Å². The largest absolute Gasteiger partial charge is 0.444 e. The van der Waals surface area contributed by atoms with E-state index in [1.54, 1.807) is 53.7 Å². The highest BCUT2D eigenvalue weighted by molar-refractivity contribution is 5.99. The second kappa shape index (κ2) is 19.2. The normalized spacial score (nSPS) is 12.8. The number of carbonyl (C=O) groups is 5. The van der Waals surface area contributed by atoms with Crippen molar-refractivity contribution in [2.24, 2.45) is 22.4 Å². The molecule has 3 atom stereocenters. The van der Waals surface area contributed by atoms with Crippen LogP contribution in [0, 0.1) is 12.8 Å². The van der Waals surface area contributed by atoms with Crippen LogP contribution in [-0.2, 0) is 23.9 Å². The van der Waals surface area contributed by atoms with Gasteiger partial charge >= 0.3 is 11.7 Å². The molecule has 18 heteroatoms. The third-order valence-electron chi connectivity index (χ3n) is 6.68. The minimum absolute atomic E-state index is 0. The van der Waals surface area contributed by atoms with E-state index in [1.807, 2.05) is 0 Å². The molecule has 0 aliphatic rings. The van der Waals surface area contributed by atoms with Crippen LogP contribution in [0.2, 0.25) is 0 Å². The molecule has 0 saturated carbocycles. The van der Waals surface area contributed by atoms with Crippen LogP contribution < -0.4 is 43.7 Å². The minimum Gasteiger partial charge on any atom is -0.444 e. The Labute approximate surface area is 289 Å². The summed E-state index contributed by atoms with van der Waals surface area (Å²) >= 11 is 0. The van der Waals surface area contributed by atoms with Crippen molar-refractivity contribution in [3.05, 3.63) is 40.2 Å². The zero-order chi connectivity index (χ0) is 36.2. The lowest BCUT2D eigenvalue weighted by Gasteiger charge is -2.26. The maximum Gasteiger partial charge on any atom is 0.408 e. The first-order valence-corrected chi connectivity index (χ1v) is 15.3. The molecule has 10 N–H and O–H groups in total. The first-order valence-electron chi connectivity index (χ1n) is 15.3. The van der Waals surface area contributed by atoms with Crippen molar-refractivity contribution < 1.29 is 38.2 Å². The minimum atomic E-state index is -1.46. The lowest BCUT2D eigenvalue weighted by atomic mass is 10.0. The van der Waals surface area contributed by atoms with Gasteiger partial charge in [-0.3, -0.25) is 24.2 Å². The molecule has 2 aromatic rings. The molecule has 0 unspecified atom stereocenters. The Bertz CT molecular complexity index is 1570. The van der Waals surface area contributed by atoms with Gasteiger partial charge in [-0.2, -0.15) is 0 Å². The summed E-state index contributed by atoms with van der Waals surface area (Å²) < 4.78 is 10.4. The number of amides is 5. The van der Waals surface area contributed by atoms with Crippen LogP contribution in [0.3, 0.4) is 0 Å². The first-order chi connectivity index (χ1) is 22.4. The maximum atomic E-state index is 13.2. The Morgan fingerprint density at radius 1 is 0.980 bits per heavy atom.